The molecule has 1 aliphatic carbocycles. The van der Waals surface area contributed by atoms with Crippen LogP contribution in [-0.2, 0) is 6.42 Å². The summed E-state index contributed by atoms with van der Waals surface area (Å²) in [7, 11) is 0. The number of nitrogens with one attached hydrogen (secondary N) is 1. The van der Waals surface area contributed by atoms with Crippen LogP contribution in [0.2, 0.25) is 0 Å². The molecule has 1 atom stereocenters. The molecule has 0 spiro atoms. The largest absolute Gasteiger partial charge is 0.271 e. The molecule has 1 aliphatic rings. The fourth-order valence-corrected chi connectivity index (χ4v) is 4.07. The monoisotopic (exact) mass is 356 g/mol. The smallest absolute Gasteiger partial charge is 0.124 e. The molecule has 1 aromatic carbocycles. The fourth-order valence-electron chi connectivity index (χ4n) is 3.56. The predicted molar refractivity (Wildman–Crippen MR) is 89.2 cm³/mol. The Kier molecular flexibility index (Phi) is 6.20. The minimum Gasteiger partial charge on any atom is -0.271 e. The average Bonchev–Trinajstić information content (AvgIpc) is 2.44. The Morgan fingerprint density at radius 1 is 1.19 bits per heavy atom. The van der Waals surface area contributed by atoms with Gasteiger partial charge in [-0.05, 0) is 73.6 Å². The number of nitrogens with two attached hydrogens (primary N) is 1. The van der Waals surface area contributed by atoms with E-state index in [2.05, 4.69) is 35.2 Å². The van der Waals surface area contributed by atoms with Gasteiger partial charge >= 0.3 is 0 Å². The zero-order valence-electron chi connectivity index (χ0n) is 12.9. The van der Waals surface area contributed by atoms with Crippen LogP contribution in [0.1, 0.15) is 45.1 Å². The SMILES string of the molecule is CC(C)C1CCC(C(Cc2cc(F)cc(Br)c2)NN)CC1. The Morgan fingerprint density at radius 2 is 1.81 bits per heavy atom. The van der Waals surface area contributed by atoms with Gasteiger partial charge in [-0.1, -0.05) is 29.8 Å². The summed E-state index contributed by atoms with van der Waals surface area (Å²) in [4.78, 5) is 0. The van der Waals surface area contributed by atoms with Gasteiger partial charge < -0.3 is 0 Å². The standard InChI is InChI=1S/C17H26BrFN2/c1-11(2)13-3-5-14(6-4-13)17(21-20)9-12-7-15(18)10-16(19)8-12/h7-8,10-11,13-14,17,21H,3-6,9,20H2,1-2H3. The van der Waals surface area contributed by atoms with Gasteiger partial charge in [0.15, 0.2) is 0 Å². The van der Waals surface area contributed by atoms with E-state index in [4.69, 9.17) is 5.84 Å². The number of hydrazine groups is 1. The van der Waals surface area contributed by atoms with Crippen molar-refractivity contribution in [2.75, 3.05) is 0 Å². The van der Waals surface area contributed by atoms with Crippen molar-refractivity contribution in [2.45, 2.75) is 52.0 Å². The second-order valence-corrected chi connectivity index (χ2v) is 7.59. The van der Waals surface area contributed by atoms with E-state index in [1.54, 1.807) is 6.07 Å². The van der Waals surface area contributed by atoms with Crippen LogP contribution < -0.4 is 11.3 Å². The van der Waals surface area contributed by atoms with Gasteiger partial charge in [0.1, 0.15) is 5.82 Å². The van der Waals surface area contributed by atoms with Crippen molar-refractivity contribution >= 4 is 15.9 Å². The van der Waals surface area contributed by atoms with Crippen molar-refractivity contribution in [2.24, 2.45) is 23.6 Å². The molecule has 2 rings (SSSR count). The highest BCUT2D eigenvalue weighted by molar-refractivity contribution is 9.10. The third-order valence-corrected chi connectivity index (χ3v) is 5.38. The summed E-state index contributed by atoms with van der Waals surface area (Å²) >= 11 is 3.35. The minimum atomic E-state index is -0.196. The van der Waals surface area contributed by atoms with Crippen LogP contribution in [0.25, 0.3) is 0 Å². The number of benzene rings is 1. The molecule has 1 unspecified atom stereocenters. The summed E-state index contributed by atoms with van der Waals surface area (Å²) in [6.07, 6.45) is 5.78. The molecule has 0 saturated heterocycles. The molecule has 0 amide bonds. The first-order valence-electron chi connectivity index (χ1n) is 7.90. The van der Waals surface area contributed by atoms with Gasteiger partial charge in [0.25, 0.3) is 0 Å². The maximum atomic E-state index is 13.5. The summed E-state index contributed by atoms with van der Waals surface area (Å²) in [6, 6.07) is 5.30. The molecule has 0 heterocycles. The first-order chi connectivity index (χ1) is 9.99. The lowest BCUT2D eigenvalue weighted by Crippen LogP contribution is -2.44. The first kappa shape index (κ1) is 16.9. The lowest BCUT2D eigenvalue weighted by atomic mass is 9.74. The molecule has 0 radical (unpaired) electrons. The maximum absolute atomic E-state index is 13.5. The van der Waals surface area contributed by atoms with E-state index < -0.39 is 0 Å². The highest BCUT2D eigenvalue weighted by atomic mass is 79.9. The Bertz CT molecular complexity index is 436. The third-order valence-electron chi connectivity index (χ3n) is 4.92. The quantitative estimate of drug-likeness (QED) is 0.605. The van der Waals surface area contributed by atoms with E-state index >= 15 is 0 Å². The number of hydrogen-bond donors (Lipinski definition) is 2. The van der Waals surface area contributed by atoms with Gasteiger partial charge in [0.2, 0.25) is 0 Å². The van der Waals surface area contributed by atoms with Gasteiger partial charge in [-0.25, -0.2) is 4.39 Å². The maximum Gasteiger partial charge on any atom is 0.124 e. The third kappa shape index (κ3) is 4.76. The molecule has 0 aromatic heterocycles. The van der Waals surface area contributed by atoms with Crippen molar-refractivity contribution < 1.29 is 4.39 Å². The highest BCUT2D eigenvalue weighted by Gasteiger charge is 2.28. The fraction of sp³-hybridized carbons (Fsp3) is 0.647. The van der Waals surface area contributed by atoms with Crippen LogP contribution in [0, 0.1) is 23.6 Å². The van der Waals surface area contributed by atoms with E-state index in [0.29, 0.717) is 5.92 Å². The van der Waals surface area contributed by atoms with Gasteiger partial charge in [-0.3, -0.25) is 11.3 Å². The lowest BCUT2D eigenvalue weighted by molar-refractivity contribution is 0.188. The van der Waals surface area contributed by atoms with Crippen LogP contribution in [0.4, 0.5) is 4.39 Å². The molecule has 1 saturated carbocycles. The lowest BCUT2D eigenvalue weighted by Gasteiger charge is -2.35. The van der Waals surface area contributed by atoms with E-state index in [1.807, 2.05) is 6.07 Å². The van der Waals surface area contributed by atoms with Crippen LogP contribution in [0.3, 0.4) is 0 Å². The number of hydrogen-bond acceptors (Lipinski definition) is 2. The van der Waals surface area contributed by atoms with Gasteiger partial charge in [0.05, 0.1) is 0 Å². The van der Waals surface area contributed by atoms with Crippen molar-refractivity contribution in [1.29, 1.82) is 0 Å². The number of halogens is 2. The summed E-state index contributed by atoms with van der Waals surface area (Å²) in [5.41, 5.74) is 3.96. The molecule has 21 heavy (non-hydrogen) atoms. The van der Waals surface area contributed by atoms with Crippen LogP contribution in [-0.4, -0.2) is 6.04 Å². The Labute approximate surface area is 135 Å². The van der Waals surface area contributed by atoms with E-state index in [-0.39, 0.29) is 11.9 Å². The molecule has 0 bridgehead atoms. The molecular weight excluding hydrogens is 331 g/mol. The molecule has 2 nitrogen and oxygen atoms in total. The van der Waals surface area contributed by atoms with E-state index in [0.717, 1.165) is 28.3 Å². The zero-order chi connectivity index (χ0) is 15.4. The molecule has 118 valence electrons. The topological polar surface area (TPSA) is 38.0 Å². The van der Waals surface area contributed by atoms with Crippen LogP contribution in [0.15, 0.2) is 22.7 Å². The Balaban J connectivity index is 1.97. The van der Waals surface area contributed by atoms with Crippen LogP contribution in [0.5, 0.6) is 0 Å². The van der Waals surface area contributed by atoms with Crippen molar-refractivity contribution in [3.8, 4) is 0 Å². The minimum absolute atomic E-state index is 0.196. The van der Waals surface area contributed by atoms with E-state index in [9.17, 15) is 4.39 Å². The summed E-state index contributed by atoms with van der Waals surface area (Å²) in [5, 5.41) is 0. The summed E-state index contributed by atoms with van der Waals surface area (Å²) in [6.45, 7) is 4.63. The van der Waals surface area contributed by atoms with Crippen LogP contribution >= 0.6 is 15.9 Å². The molecule has 1 aromatic rings. The molecule has 3 N–H and O–H groups in total. The second kappa shape index (κ2) is 7.70. The first-order valence-corrected chi connectivity index (χ1v) is 8.70. The normalized spacial score (nSPS) is 24.3. The molecule has 0 aliphatic heterocycles. The number of rotatable bonds is 5. The van der Waals surface area contributed by atoms with E-state index in [1.165, 1.54) is 31.7 Å². The molecular formula is C17H26BrFN2. The van der Waals surface area contributed by atoms with Crippen molar-refractivity contribution in [1.82, 2.24) is 5.43 Å². The van der Waals surface area contributed by atoms with Gasteiger partial charge in [0, 0.05) is 10.5 Å². The van der Waals surface area contributed by atoms with Gasteiger partial charge in [-0.2, -0.15) is 0 Å². The van der Waals surface area contributed by atoms with Crippen molar-refractivity contribution in [3.63, 3.8) is 0 Å². The Hall–Kier alpha value is -0.450. The highest BCUT2D eigenvalue weighted by Crippen LogP contribution is 2.35. The second-order valence-electron chi connectivity index (χ2n) is 6.67. The molecule has 1 fully saturated rings. The zero-order valence-corrected chi connectivity index (χ0v) is 14.5. The predicted octanol–water partition coefficient (Wildman–Crippen LogP) is 4.43. The Morgan fingerprint density at radius 3 is 2.33 bits per heavy atom. The molecule has 4 heteroatoms. The summed E-state index contributed by atoms with van der Waals surface area (Å²) < 4.78 is 14.3. The average molecular weight is 357 g/mol. The summed E-state index contributed by atoms with van der Waals surface area (Å²) in [5.74, 6) is 7.78. The van der Waals surface area contributed by atoms with Crippen molar-refractivity contribution in [3.05, 3.63) is 34.1 Å². The van der Waals surface area contributed by atoms with Gasteiger partial charge in [-0.15, -0.1) is 0 Å².